The highest BCUT2D eigenvalue weighted by Gasteiger charge is 2.22. The van der Waals surface area contributed by atoms with E-state index in [1.165, 1.54) is 0 Å². The van der Waals surface area contributed by atoms with Crippen LogP contribution >= 0.6 is 0 Å². The molecule has 5 nitrogen and oxygen atoms in total. The highest BCUT2D eigenvalue weighted by molar-refractivity contribution is 5.68. The van der Waals surface area contributed by atoms with Gasteiger partial charge in [-0.05, 0) is 74.4 Å². The Bertz CT molecular complexity index is 1060. The van der Waals surface area contributed by atoms with Crippen LogP contribution in [0, 0.1) is 20.8 Å². The number of benzene rings is 1. The minimum absolute atomic E-state index is 0.0184. The van der Waals surface area contributed by atoms with E-state index in [0.717, 1.165) is 64.9 Å². The molecular formula is C24H33N3O2. The molecule has 1 aromatic carbocycles. The Morgan fingerprint density at radius 1 is 1.03 bits per heavy atom. The predicted octanol–water partition coefficient (Wildman–Crippen LogP) is 5.32. The van der Waals surface area contributed by atoms with Crippen molar-refractivity contribution in [3.05, 3.63) is 50.9 Å². The Morgan fingerprint density at radius 3 is 2.14 bits per heavy atom. The van der Waals surface area contributed by atoms with E-state index in [2.05, 4.69) is 19.9 Å². The second-order valence-electron chi connectivity index (χ2n) is 8.10. The molecule has 0 fully saturated rings. The normalized spacial score (nSPS) is 11.6. The molecule has 5 heteroatoms. The van der Waals surface area contributed by atoms with E-state index in [0.29, 0.717) is 11.7 Å². The topological polar surface area (TPSA) is 48.5 Å². The molecule has 0 aliphatic heterocycles. The standard InChI is InChI=1S/C24H33N3O2/c1-8-10-18(11-9-2)20-14-17(5)27-22(20)24(28)26(6)23(25-27)21-15(3)12-19(29-7)13-16(21)4/h12-14,18H,8-11H2,1-7H3. The Balaban J connectivity index is 2.29. The quantitative estimate of drug-likeness (QED) is 0.544. The zero-order valence-corrected chi connectivity index (χ0v) is 18.8. The van der Waals surface area contributed by atoms with Crippen molar-refractivity contribution >= 4 is 5.52 Å². The maximum Gasteiger partial charge on any atom is 0.278 e. The summed E-state index contributed by atoms with van der Waals surface area (Å²) >= 11 is 0. The summed E-state index contributed by atoms with van der Waals surface area (Å²) in [6, 6.07) is 6.15. The third kappa shape index (κ3) is 3.70. The van der Waals surface area contributed by atoms with Crippen LogP contribution in [0.5, 0.6) is 5.75 Å². The van der Waals surface area contributed by atoms with Gasteiger partial charge in [-0.3, -0.25) is 9.36 Å². The van der Waals surface area contributed by atoms with Gasteiger partial charge in [0.2, 0.25) is 0 Å². The molecule has 2 aromatic heterocycles. The molecule has 0 bridgehead atoms. The van der Waals surface area contributed by atoms with E-state index in [-0.39, 0.29) is 5.56 Å². The highest BCUT2D eigenvalue weighted by Crippen LogP contribution is 2.32. The number of nitrogens with zero attached hydrogens (tertiary/aromatic N) is 3. The largest absolute Gasteiger partial charge is 0.497 e. The summed E-state index contributed by atoms with van der Waals surface area (Å²) in [7, 11) is 3.50. The maximum absolute atomic E-state index is 13.5. The SMILES string of the molecule is CCCC(CCC)c1cc(C)n2nc(-c3c(C)cc(OC)cc3C)n(C)c(=O)c12. The molecule has 3 aromatic rings. The maximum atomic E-state index is 13.5. The molecule has 3 rings (SSSR count). The Hall–Kier alpha value is -2.56. The fraction of sp³-hybridized carbons (Fsp3) is 0.500. The second-order valence-corrected chi connectivity index (χ2v) is 8.10. The smallest absolute Gasteiger partial charge is 0.278 e. The first kappa shape index (κ1) is 21.2. The summed E-state index contributed by atoms with van der Waals surface area (Å²) in [4.78, 5) is 13.5. The van der Waals surface area contributed by atoms with Gasteiger partial charge < -0.3 is 4.74 Å². The first-order valence-corrected chi connectivity index (χ1v) is 10.6. The summed E-state index contributed by atoms with van der Waals surface area (Å²) in [6.07, 6.45) is 4.40. The zero-order chi connectivity index (χ0) is 21.3. The summed E-state index contributed by atoms with van der Waals surface area (Å²) in [5.41, 5.74) is 5.98. The van der Waals surface area contributed by atoms with Gasteiger partial charge in [0.1, 0.15) is 11.3 Å². The average molecular weight is 396 g/mol. The average Bonchev–Trinajstić information content (AvgIpc) is 3.01. The summed E-state index contributed by atoms with van der Waals surface area (Å²) in [5.74, 6) is 1.91. The van der Waals surface area contributed by atoms with Crippen molar-refractivity contribution in [1.29, 1.82) is 0 Å². The molecule has 0 amide bonds. The van der Waals surface area contributed by atoms with Crippen molar-refractivity contribution in [3.63, 3.8) is 0 Å². The summed E-state index contributed by atoms with van der Waals surface area (Å²) in [6.45, 7) is 10.5. The molecule has 0 spiro atoms. The number of ether oxygens (including phenoxy) is 1. The molecule has 0 unspecified atom stereocenters. The predicted molar refractivity (Wildman–Crippen MR) is 119 cm³/mol. The molecule has 0 saturated heterocycles. The van der Waals surface area contributed by atoms with Gasteiger partial charge in [-0.2, -0.15) is 0 Å². The Labute approximate surface area is 173 Å². The van der Waals surface area contributed by atoms with Gasteiger partial charge in [-0.15, -0.1) is 5.10 Å². The molecule has 0 N–H and O–H groups in total. The van der Waals surface area contributed by atoms with Crippen LogP contribution in [-0.2, 0) is 7.05 Å². The van der Waals surface area contributed by atoms with Crippen LogP contribution in [-0.4, -0.2) is 21.3 Å². The number of rotatable bonds is 7. The van der Waals surface area contributed by atoms with Gasteiger partial charge in [0.25, 0.3) is 5.56 Å². The van der Waals surface area contributed by atoms with Gasteiger partial charge in [-0.25, -0.2) is 4.52 Å². The number of hydrogen-bond acceptors (Lipinski definition) is 3. The fourth-order valence-corrected chi connectivity index (χ4v) is 4.49. The zero-order valence-electron chi connectivity index (χ0n) is 18.8. The Kier molecular flexibility index (Phi) is 6.15. The van der Waals surface area contributed by atoms with Crippen LogP contribution in [0.25, 0.3) is 16.9 Å². The number of aromatic nitrogens is 3. The first-order valence-electron chi connectivity index (χ1n) is 10.6. The van der Waals surface area contributed by atoms with Crippen molar-refractivity contribution in [1.82, 2.24) is 14.2 Å². The van der Waals surface area contributed by atoms with Crippen molar-refractivity contribution in [2.24, 2.45) is 7.05 Å². The third-order valence-electron chi connectivity index (χ3n) is 5.88. The molecule has 2 heterocycles. The van der Waals surface area contributed by atoms with Gasteiger partial charge in [0, 0.05) is 18.3 Å². The lowest BCUT2D eigenvalue weighted by Gasteiger charge is -2.17. The van der Waals surface area contributed by atoms with Crippen LogP contribution in [0.2, 0.25) is 0 Å². The highest BCUT2D eigenvalue weighted by atomic mass is 16.5. The Morgan fingerprint density at radius 2 is 1.62 bits per heavy atom. The van der Waals surface area contributed by atoms with E-state index in [9.17, 15) is 4.79 Å². The number of fused-ring (bicyclic) bond motifs is 1. The molecule has 0 atom stereocenters. The van der Waals surface area contributed by atoms with Crippen molar-refractivity contribution in [2.45, 2.75) is 66.2 Å². The van der Waals surface area contributed by atoms with Crippen LogP contribution in [0.15, 0.2) is 23.0 Å². The van der Waals surface area contributed by atoms with Crippen LogP contribution in [0.3, 0.4) is 0 Å². The summed E-state index contributed by atoms with van der Waals surface area (Å²) in [5, 5.41) is 4.94. The minimum Gasteiger partial charge on any atom is -0.497 e. The monoisotopic (exact) mass is 395 g/mol. The lowest BCUT2D eigenvalue weighted by Crippen LogP contribution is -2.25. The second kappa shape index (κ2) is 8.44. The number of aryl methyl sites for hydroxylation is 3. The molecule has 156 valence electrons. The van der Waals surface area contributed by atoms with E-state index < -0.39 is 0 Å². The van der Waals surface area contributed by atoms with Crippen LogP contribution < -0.4 is 10.3 Å². The molecule has 29 heavy (non-hydrogen) atoms. The third-order valence-corrected chi connectivity index (χ3v) is 5.88. The van der Waals surface area contributed by atoms with Crippen LogP contribution in [0.1, 0.15) is 67.8 Å². The van der Waals surface area contributed by atoms with E-state index >= 15 is 0 Å². The molecule has 0 aliphatic carbocycles. The van der Waals surface area contributed by atoms with E-state index in [4.69, 9.17) is 9.84 Å². The van der Waals surface area contributed by atoms with Crippen molar-refractivity contribution < 1.29 is 4.74 Å². The van der Waals surface area contributed by atoms with E-state index in [1.54, 1.807) is 11.7 Å². The van der Waals surface area contributed by atoms with Gasteiger partial charge in [-0.1, -0.05) is 26.7 Å². The fourth-order valence-electron chi connectivity index (χ4n) is 4.49. The van der Waals surface area contributed by atoms with Gasteiger partial charge in [0.05, 0.1) is 7.11 Å². The van der Waals surface area contributed by atoms with Crippen molar-refractivity contribution in [2.75, 3.05) is 7.11 Å². The lowest BCUT2D eigenvalue weighted by atomic mass is 9.91. The summed E-state index contributed by atoms with van der Waals surface area (Å²) < 4.78 is 8.95. The van der Waals surface area contributed by atoms with Gasteiger partial charge in [0.15, 0.2) is 5.82 Å². The lowest BCUT2D eigenvalue weighted by molar-refractivity contribution is 0.414. The number of methoxy groups -OCH3 is 1. The molecule has 0 radical (unpaired) electrons. The van der Waals surface area contributed by atoms with E-state index in [1.807, 2.05) is 44.5 Å². The molecule has 0 aliphatic rings. The van der Waals surface area contributed by atoms with Gasteiger partial charge >= 0.3 is 0 Å². The molecular weight excluding hydrogens is 362 g/mol. The van der Waals surface area contributed by atoms with Crippen LogP contribution in [0.4, 0.5) is 0 Å². The van der Waals surface area contributed by atoms with Crippen molar-refractivity contribution in [3.8, 4) is 17.1 Å². The minimum atomic E-state index is 0.0184. The number of hydrogen-bond donors (Lipinski definition) is 0. The first-order chi connectivity index (χ1) is 13.8. The molecule has 0 saturated carbocycles.